The third-order valence-corrected chi connectivity index (χ3v) is 4.65. The number of aryl methyl sites for hydroxylation is 1. The van der Waals surface area contributed by atoms with E-state index < -0.39 is 4.92 Å². The molecule has 3 rings (SSSR count). The summed E-state index contributed by atoms with van der Waals surface area (Å²) in [5, 5.41) is 21.6. The highest BCUT2D eigenvalue weighted by Crippen LogP contribution is 2.39. The van der Waals surface area contributed by atoms with E-state index in [4.69, 9.17) is 9.47 Å². The molecule has 160 valence electrons. The van der Waals surface area contributed by atoms with E-state index in [1.165, 1.54) is 6.07 Å². The lowest BCUT2D eigenvalue weighted by Crippen LogP contribution is -2.04. The minimum absolute atomic E-state index is 0.102. The molecule has 8 heteroatoms. The van der Waals surface area contributed by atoms with Crippen molar-refractivity contribution in [2.24, 2.45) is 0 Å². The molecule has 3 aromatic rings. The van der Waals surface area contributed by atoms with Crippen LogP contribution in [0.1, 0.15) is 38.6 Å². The smallest absolute Gasteiger partial charge is 0.315 e. The molecule has 0 unspecified atom stereocenters. The third-order valence-electron chi connectivity index (χ3n) is 4.65. The van der Waals surface area contributed by atoms with Gasteiger partial charge in [-0.2, -0.15) is 5.26 Å². The van der Waals surface area contributed by atoms with Gasteiger partial charge in [0.2, 0.25) is 5.75 Å². The molecule has 0 bridgehead atoms. The van der Waals surface area contributed by atoms with Crippen LogP contribution in [-0.2, 0) is 6.54 Å². The number of imidazole rings is 1. The molecular formula is C23H24N4O4. The molecule has 1 heterocycles. The van der Waals surface area contributed by atoms with Crippen LogP contribution in [0.25, 0.3) is 22.7 Å². The van der Waals surface area contributed by atoms with E-state index >= 15 is 0 Å². The lowest BCUT2D eigenvalue weighted by Gasteiger charge is -2.13. The summed E-state index contributed by atoms with van der Waals surface area (Å²) in [4.78, 5) is 15.8. The van der Waals surface area contributed by atoms with Crippen LogP contribution in [0.4, 0.5) is 5.69 Å². The number of nitro groups is 1. The lowest BCUT2D eigenvalue weighted by atomic mass is 10.1. The van der Waals surface area contributed by atoms with E-state index in [0.717, 1.165) is 11.0 Å². The summed E-state index contributed by atoms with van der Waals surface area (Å²) in [5.74, 6) is 0.890. The quantitative estimate of drug-likeness (QED) is 0.267. The van der Waals surface area contributed by atoms with Crippen LogP contribution < -0.4 is 9.47 Å². The molecule has 0 aliphatic carbocycles. The standard InChI is InChI=1S/C23H24N4O4/c1-4-11-31-22-20(27(28)29)13-16(14-21(22)30-6-3)12-17(15-24)23-25-18-9-7-8-10-19(18)26(23)5-2/h7-10,12-14H,4-6,11H2,1-3H3/b17-12-. The zero-order chi connectivity index (χ0) is 22.4. The van der Waals surface area contributed by atoms with Gasteiger partial charge in [0, 0.05) is 12.6 Å². The van der Waals surface area contributed by atoms with Crippen molar-refractivity contribution in [3.63, 3.8) is 0 Å². The molecule has 2 aromatic carbocycles. The molecule has 31 heavy (non-hydrogen) atoms. The minimum atomic E-state index is -0.502. The van der Waals surface area contributed by atoms with Gasteiger partial charge in [-0.3, -0.25) is 10.1 Å². The largest absolute Gasteiger partial charge is 0.490 e. The minimum Gasteiger partial charge on any atom is -0.490 e. The Hall–Kier alpha value is -3.86. The molecule has 0 aliphatic rings. The predicted molar refractivity (Wildman–Crippen MR) is 119 cm³/mol. The molecule has 0 N–H and O–H groups in total. The lowest BCUT2D eigenvalue weighted by molar-refractivity contribution is -0.386. The Kier molecular flexibility index (Phi) is 6.88. The maximum atomic E-state index is 11.7. The van der Waals surface area contributed by atoms with Crippen molar-refractivity contribution in [2.45, 2.75) is 33.7 Å². The number of nitro benzene ring substituents is 1. The van der Waals surface area contributed by atoms with Crippen LogP contribution in [-0.4, -0.2) is 27.7 Å². The zero-order valence-electron chi connectivity index (χ0n) is 17.8. The topological polar surface area (TPSA) is 103 Å². The molecule has 0 radical (unpaired) electrons. The molecule has 0 fully saturated rings. The number of fused-ring (bicyclic) bond motifs is 1. The fraction of sp³-hybridized carbons (Fsp3) is 0.304. The van der Waals surface area contributed by atoms with Crippen LogP contribution >= 0.6 is 0 Å². The Labute approximate surface area is 180 Å². The van der Waals surface area contributed by atoms with Crippen LogP contribution in [0, 0.1) is 21.4 Å². The van der Waals surface area contributed by atoms with Gasteiger partial charge in [0.15, 0.2) is 11.6 Å². The number of benzene rings is 2. The van der Waals surface area contributed by atoms with Crippen molar-refractivity contribution >= 4 is 28.4 Å². The highest BCUT2D eigenvalue weighted by Gasteiger charge is 2.23. The molecule has 0 aliphatic heterocycles. The van der Waals surface area contributed by atoms with E-state index in [2.05, 4.69) is 11.1 Å². The van der Waals surface area contributed by atoms with Crippen LogP contribution in [0.2, 0.25) is 0 Å². The van der Waals surface area contributed by atoms with Gasteiger partial charge < -0.3 is 14.0 Å². The van der Waals surface area contributed by atoms with Gasteiger partial charge in [0.25, 0.3) is 0 Å². The van der Waals surface area contributed by atoms with Crippen molar-refractivity contribution in [1.82, 2.24) is 9.55 Å². The van der Waals surface area contributed by atoms with Crippen LogP contribution in [0.5, 0.6) is 11.5 Å². The van der Waals surface area contributed by atoms with Gasteiger partial charge in [0.05, 0.1) is 34.7 Å². The Morgan fingerprint density at radius 2 is 2.03 bits per heavy atom. The van der Waals surface area contributed by atoms with Crippen molar-refractivity contribution in [2.75, 3.05) is 13.2 Å². The number of hydrogen-bond acceptors (Lipinski definition) is 6. The SMILES string of the molecule is CCCOc1c(OCC)cc(/C=C(/C#N)c2nc3ccccc3n2CC)cc1[N+](=O)[O-]. The number of nitrogens with zero attached hydrogens (tertiary/aromatic N) is 4. The fourth-order valence-corrected chi connectivity index (χ4v) is 3.35. The summed E-state index contributed by atoms with van der Waals surface area (Å²) >= 11 is 0. The van der Waals surface area contributed by atoms with Crippen molar-refractivity contribution in [1.29, 1.82) is 5.26 Å². The van der Waals surface area contributed by atoms with E-state index in [1.54, 1.807) is 19.1 Å². The monoisotopic (exact) mass is 420 g/mol. The summed E-state index contributed by atoms with van der Waals surface area (Å²) in [6.45, 7) is 6.97. The Morgan fingerprint density at radius 3 is 2.68 bits per heavy atom. The summed E-state index contributed by atoms with van der Waals surface area (Å²) in [5.41, 5.74) is 2.27. The highest BCUT2D eigenvalue weighted by atomic mass is 16.6. The molecule has 0 saturated carbocycles. The van der Waals surface area contributed by atoms with Crippen LogP contribution in [0.15, 0.2) is 36.4 Å². The summed E-state index contributed by atoms with van der Waals surface area (Å²) in [6.07, 6.45) is 2.29. The molecule has 0 spiro atoms. The second-order valence-electron chi connectivity index (χ2n) is 6.74. The molecular weight excluding hydrogens is 396 g/mol. The average Bonchev–Trinajstić information content (AvgIpc) is 3.15. The Bertz CT molecular complexity index is 1170. The van der Waals surface area contributed by atoms with Gasteiger partial charge >= 0.3 is 5.69 Å². The second-order valence-corrected chi connectivity index (χ2v) is 6.74. The number of ether oxygens (including phenoxy) is 2. The van der Waals surface area contributed by atoms with E-state index in [9.17, 15) is 15.4 Å². The van der Waals surface area contributed by atoms with Gasteiger partial charge in [-0.15, -0.1) is 0 Å². The number of rotatable bonds is 9. The first-order chi connectivity index (χ1) is 15.0. The van der Waals surface area contributed by atoms with Crippen molar-refractivity contribution in [3.05, 3.63) is 57.9 Å². The Balaban J connectivity index is 2.17. The van der Waals surface area contributed by atoms with Gasteiger partial charge in [-0.1, -0.05) is 19.1 Å². The van der Waals surface area contributed by atoms with Crippen molar-refractivity contribution < 1.29 is 14.4 Å². The zero-order valence-corrected chi connectivity index (χ0v) is 17.8. The first-order valence-corrected chi connectivity index (χ1v) is 10.2. The summed E-state index contributed by atoms with van der Waals surface area (Å²) in [7, 11) is 0. The maximum Gasteiger partial charge on any atom is 0.315 e. The molecule has 0 amide bonds. The first-order valence-electron chi connectivity index (χ1n) is 10.2. The summed E-state index contributed by atoms with van der Waals surface area (Å²) < 4.78 is 13.2. The number of para-hydroxylation sites is 2. The number of aromatic nitrogens is 2. The molecule has 0 atom stereocenters. The fourth-order valence-electron chi connectivity index (χ4n) is 3.35. The third kappa shape index (κ3) is 4.51. The summed E-state index contributed by atoms with van der Waals surface area (Å²) in [6, 6.07) is 12.9. The van der Waals surface area contributed by atoms with E-state index in [0.29, 0.717) is 43.1 Å². The number of hydrogen-bond donors (Lipinski definition) is 0. The second kappa shape index (κ2) is 9.76. The molecule has 8 nitrogen and oxygen atoms in total. The number of nitriles is 1. The Morgan fingerprint density at radius 1 is 1.26 bits per heavy atom. The molecule has 0 saturated heterocycles. The maximum absolute atomic E-state index is 11.7. The normalized spacial score (nSPS) is 11.4. The average molecular weight is 420 g/mol. The van der Waals surface area contributed by atoms with E-state index in [-0.39, 0.29) is 17.2 Å². The highest BCUT2D eigenvalue weighted by molar-refractivity contribution is 5.91. The van der Waals surface area contributed by atoms with Gasteiger partial charge in [-0.05, 0) is 50.1 Å². The van der Waals surface area contributed by atoms with Gasteiger partial charge in [0.1, 0.15) is 6.07 Å². The molecule has 1 aromatic heterocycles. The first kappa shape index (κ1) is 21.8. The van der Waals surface area contributed by atoms with Crippen LogP contribution in [0.3, 0.4) is 0 Å². The van der Waals surface area contributed by atoms with Crippen molar-refractivity contribution in [3.8, 4) is 17.6 Å². The number of allylic oxidation sites excluding steroid dienone is 1. The van der Waals surface area contributed by atoms with Gasteiger partial charge in [-0.25, -0.2) is 4.98 Å². The predicted octanol–water partition coefficient (Wildman–Crippen LogP) is 5.22. The van der Waals surface area contributed by atoms with E-state index in [1.807, 2.05) is 42.7 Å².